The number of carboxylic acid groups (broad SMARTS) is 1. The molecule has 0 bridgehead atoms. The van der Waals surface area contributed by atoms with Crippen LogP contribution in [0.15, 0.2) is 28.7 Å². The molecule has 20 heavy (non-hydrogen) atoms. The van der Waals surface area contributed by atoms with Crippen molar-refractivity contribution in [2.24, 2.45) is 0 Å². The third-order valence-corrected chi connectivity index (χ3v) is 3.18. The smallest absolute Gasteiger partial charge is 0.305 e. The Hall–Kier alpha value is -1.56. The standard InChI is InChI=1S/C14H18BrNO4/c1-16(8-7-14(18)19)13(17)6-3-9-20-12-5-2-4-11(15)10-12/h2,4-5,10H,3,6-9H2,1H3,(H,18,19). The van der Waals surface area contributed by atoms with E-state index in [1.807, 2.05) is 24.3 Å². The average Bonchev–Trinajstić information content (AvgIpc) is 2.40. The quantitative estimate of drug-likeness (QED) is 0.736. The molecule has 1 aromatic rings. The summed E-state index contributed by atoms with van der Waals surface area (Å²) in [7, 11) is 1.61. The number of carbonyl (C=O) groups excluding carboxylic acids is 1. The number of aliphatic carboxylic acids is 1. The largest absolute Gasteiger partial charge is 0.494 e. The summed E-state index contributed by atoms with van der Waals surface area (Å²) in [6.07, 6.45) is 0.920. The van der Waals surface area contributed by atoms with Gasteiger partial charge in [-0.2, -0.15) is 0 Å². The van der Waals surface area contributed by atoms with Crippen LogP contribution in [0.5, 0.6) is 5.75 Å². The topological polar surface area (TPSA) is 66.8 Å². The maximum Gasteiger partial charge on any atom is 0.305 e. The Kier molecular flexibility index (Phi) is 7.08. The lowest BCUT2D eigenvalue weighted by atomic mass is 10.3. The van der Waals surface area contributed by atoms with Crippen LogP contribution in [0.1, 0.15) is 19.3 Å². The van der Waals surface area contributed by atoms with Crippen molar-refractivity contribution in [3.05, 3.63) is 28.7 Å². The van der Waals surface area contributed by atoms with Gasteiger partial charge in [0.15, 0.2) is 0 Å². The lowest BCUT2D eigenvalue weighted by molar-refractivity contribution is -0.138. The molecule has 0 radical (unpaired) electrons. The molecule has 0 saturated heterocycles. The van der Waals surface area contributed by atoms with Crippen molar-refractivity contribution < 1.29 is 19.4 Å². The zero-order valence-electron chi connectivity index (χ0n) is 11.3. The number of benzene rings is 1. The van der Waals surface area contributed by atoms with E-state index in [1.54, 1.807) is 7.05 Å². The van der Waals surface area contributed by atoms with Crippen LogP contribution in [0.2, 0.25) is 0 Å². The molecule has 0 spiro atoms. The van der Waals surface area contributed by atoms with Crippen molar-refractivity contribution in [3.8, 4) is 5.75 Å². The first-order valence-electron chi connectivity index (χ1n) is 6.33. The van der Waals surface area contributed by atoms with Crippen molar-refractivity contribution in [1.29, 1.82) is 0 Å². The Balaban J connectivity index is 2.20. The van der Waals surface area contributed by atoms with Crippen LogP contribution in [0, 0.1) is 0 Å². The summed E-state index contributed by atoms with van der Waals surface area (Å²) in [6.45, 7) is 0.690. The molecule has 1 N–H and O–H groups in total. The van der Waals surface area contributed by atoms with E-state index in [9.17, 15) is 9.59 Å². The fourth-order valence-corrected chi connectivity index (χ4v) is 1.93. The van der Waals surface area contributed by atoms with E-state index in [0.29, 0.717) is 19.4 Å². The minimum absolute atomic E-state index is 0.0310. The Morgan fingerprint density at radius 1 is 1.35 bits per heavy atom. The van der Waals surface area contributed by atoms with Gasteiger partial charge < -0.3 is 14.7 Å². The molecule has 1 rings (SSSR count). The first kappa shape index (κ1) is 16.5. The molecule has 0 aliphatic heterocycles. The Labute approximate surface area is 126 Å². The first-order valence-corrected chi connectivity index (χ1v) is 7.12. The minimum atomic E-state index is -0.900. The van der Waals surface area contributed by atoms with Crippen molar-refractivity contribution in [2.75, 3.05) is 20.2 Å². The van der Waals surface area contributed by atoms with Gasteiger partial charge in [0.1, 0.15) is 5.75 Å². The van der Waals surface area contributed by atoms with Crippen molar-refractivity contribution in [2.45, 2.75) is 19.3 Å². The highest BCUT2D eigenvalue weighted by Gasteiger charge is 2.09. The summed E-state index contributed by atoms with van der Waals surface area (Å²) >= 11 is 3.35. The molecule has 1 aromatic carbocycles. The van der Waals surface area contributed by atoms with Gasteiger partial charge in [0, 0.05) is 24.5 Å². The van der Waals surface area contributed by atoms with Crippen LogP contribution >= 0.6 is 15.9 Å². The van der Waals surface area contributed by atoms with Crippen LogP contribution in [0.3, 0.4) is 0 Å². The lowest BCUT2D eigenvalue weighted by Gasteiger charge is -2.15. The van der Waals surface area contributed by atoms with E-state index >= 15 is 0 Å². The van der Waals surface area contributed by atoms with E-state index in [-0.39, 0.29) is 18.9 Å². The van der Waals surface area contributed by atoms with E-state index in [4.69, 9.17) is 9.84 Å². The fourth-order valence-electron chi connectivity index (χ4n) is 1.55. The highest BCUT2D eigenvalue weighted by Crippen LogP contribution is 2.17. The van der Waals surface area contributed by atoms with Gasteiger partial charge in [-0.3, -0.25) is 9.59 Å². The zero-order valence-corrected chi connectivity index (χ0v) is 12.9. The second kappa shape index (κ2) is 8.58. The van der Waals surface area contributed by atoms with Gasteiger partial charge in [0.25, 0.3) is 0 Å². The molecule has 0 heterocycles. The van der Waals surface area contributed by atoms with Crippen LogP contribution in [-0.4, -0.2) is 42.1 Å². The molecule has 6 heteroatoms. The fraction of sp³-hybridized carbons (Fsp3) is 0.429. The molecule has 0 atom stereocenters. The minimum Gasteiger partial charge on any atom is -0.494 e. The molecule has 1 amide bonds. The SMILES string of the molecule is CN(CCC(=O)O)C(=O)CCCOc1cccc(Br)c1. The molecule has 0 aliphatic carbocycles. The van der Waals surface area contributed by atoms with Crippen molar-refractivity contribution in [1.82, 2.24) is 4.90 Å². The Bertz CT molecular complexity index is 464. The zero-order chi connectivity index (χ0) is 15.0. The summed E-state index contributed by atoms with van der Waals surface area (Å²) in [4.78, 5) is 23.5. The molecular formula is C14H18BrNO4. The summed E-state index contributed by atoms with van der Waals surface area (Å²) in [5, 5.41) is 8.54. The monoisotopic (exact) mass is 343 g/mol. The second-order valence-electron chi connectivity index (χ2n) is 4.37. The number of rotatable bonds is 8. The predicted molar refractivity (Wildman–Crippen MR) is 78.8 cm³/mol. The normalized spacial score (nSPS) is 10.1. The number of hydrogen-bond acceptors (Lipinski definition) is 3. The van der Waals surface area contributed by atoms with Gasteiger partial charge >= 0.3 is 5.97 Å². The lowest BCUT2D eigenvalue weighted by Crippen LogP contribution is -2.29. The van der Waals surface area contributed by atoms with Gasteiger partial charge in [-0.15, -0.1) is 0 Å². The van der Waals surface area contributed by atoms with Gasteiger partial charge in [0.05, 0.1) is 13.0 Å². The summed E-state index contributed by atoms with van der Waals surface area (Å²) in [6, 6.07) is 7.50. The maximum absolute atomic E-state index is 11.7. The molecule has 0 aliphatic rings. The number of ether oxygens (including phenoxy) is 1. The predicted octanol–water partition coefficient (Wildman–Crippen LogP) is 2.54. The van der Waals surface area contributed by atoms with Crippen molar-refractivity contribution in [3.63, 3.8) is 0 Å². The molecule has 0 saturated carbocycles. The van der Waals surface area contributed by atoms with E-state index in [2.05, 4.69) is 15.9 Å². The number of hydrogen-bond donors (Lipinski definition) is 1. The third kappa shape index (κ3) is 6.56. The van der Waals surface area contributed by atoms with Gasteiger partial charge in [-0.1, -0.05) is 22.0 Å². The van der Waals surface area contributed by atoms with Crippen LogP contribution in [0.25, 0.3) is 0 Å². The first-order chi connectivity index (χ1) is 9.49. The van der Waals surface area contributed by atoms with Gasteiger partial charge in [-0.05, 0) is 24.6 Å². The van der Waals surface area contributed by atoms with Crippen LogP contribution in [-0.2, 0) is 9.59 Å². The molecule has 0 aromatic heterocycles. The van der Waals surface area contributed by atoms with Crippen LogP contribution < -0.4 is 4.74 Å². The van der Waals surface area contributed by atoms with Crippen LogP contribution in [0.4, 0.5) is 0 Å². The number of carbonyl (C=O) groups is 2. The summed E-state index contributed by atoms with van der Waals surface area (Å²) in [5.41, 5.74) is 0. The molecule has 0 fully saturated rings. The highest BCUT2D eigenvalue weighted by molar-refractivity contribution is 9.10. The van der Waals surface area contributed by atoms with Gasteiger partial charge in [0.2, 0.25) is 5.91 Å². The number of amides is 1. The summed E-state index contributed by atoms with van der Waals surface area (Å²) < 4.78 is 6.46. The average molecular weight is 344 g/mol. The molecule has 0 unspecified atom stereocenters. The number of nitrogens with zero attached hydrogens (tertiary/aromatic N) is 1. The highest BCUT2D eigenvalue weighted by atomic mass is 79.9. The summed E-state index contributed by atoms with van der Waals surface area (Å²) in [5.74, 6) is -0.210. The number of carboxylic acids is 1. The molecule has 5 nitrogen and oxygen atoms in total. The second-order valence-corrected chi connectivity index (χ2v) is 5.28. The van der Waals surface area contributed by atoms with E-state index in [1.165, 1.54) is 4.90 Å². The maximum atomic E-state index is 11.7. The van der Waals surface area contributed by atoms with E-state index < -0.39 is 5.97 Å². The Morgan fingerprint density at radius 3 is 2.75 bits per heavy atom. The Morgan fingerprint density at radius 2 is 2.10 bits per heavy atom. The molecule has 110 valence electrons. The van der Waals surface area contributed by atoms with Gasteiger partial charge in [-0.25, -0.2) is 0 Å². The van der Waals surface area contributed by atoms with E-state index in [0.717, 1.165) is 10.2 Å². The molecular weight excluding hydrogens is 326 g/mol. The number of halogens is 1. The third-order valence-electron chi connectivity index (χ3n) is 2.69. The van der Waals surface area contributed by atoms with Crippen molar-refractivity contribution >= 4 is 27.8 Å².